The van der Waals surface area contributed by atoms with Crippen LogP contribution in [-0.2, 0) is 9.59 Å². The summed E-state index contributed by atoms with van der Waals surface area (Å²) in [5.74, 6) is -1.47. The van der Waals surface area contributed by atoms with Crippen LogP contribution in [0.3, 0.4) is 0 Å². The van der Waals surface area contributed by atoms with Crippen molar-refractivity contribution in [3.8, 4) is 0 Å². The molecule has 2 aliphatic rings. The molecule has 0 aromatic rings. The standard InChI is InChI=1S/C16H26N2O5/c1-2-10-8-9-18(13(10)15(20)21)14(19)12(17-16(22)23)11-6-4-3-5-7-11/h10-13,17H,2-9H2,1H3,(H,20,21)(H,22,23)/t10?,12-,13?/m0/s1. The van der Waals surface area contributed by atoms with Gasteiger partial charge in [-0.1, -0.05) is 32.6 Å². The molecule has 7 nitrogen and oxygen atoms in total. The molecule has 0 bridgehead atoms. The van der Waals surface area contributed by atoms with Gasteiger partial charge in [0, 0.05) is 6.54 Å². The molecule has 2 unspecified atom stereocenters. The highest BCUT2D eigenvalue weighted by Gasteiger charge is 2.44. The zero-order valence-electron chi connectivity index (χ0n) is 13.5. The Balaban J connectivity index is 2.18. The Hall–Kier alpha value is -1.79. The van der Waals surface area contributed by atoms with Crippen LogP contribution in [0.15, 0.2) is 0 Å². The summed E-state index contributed by atoms with van der Waals surface area (Å²) in [6, 6.07) is -1.67. The van der Waals surface area contributed by atoms with E-state index in [1.807, 2.05) is 6.92 Å². The number of rotatable bonds is 5. The highest BCUT2D eigenvalue weighted by Crippen LogP contribution is 2.32. The number of carbonyl (C=O) groups excluding carboxylic acids is 1. The average Bonchev–Trinajstić information content (AvgIpc) is 2.97. The summed E-state index contributed by atoms with van der Waals surface area (Å²) in [6.45, 7) is 2.31. The van der Waals surface area contributed by atoms with E-state index in [9.17, 15) is 19.5 Å². The maximum absolute atomic E-state index is 12.9. The lowest BCUT2D eigenvalue weighted by Gasteiger charge is -2.34. The van der Waals surface area contributed by atoms with Gasteiger partial charge in [0.2, 0.25) is 5.91 Å². The third-order valence-corrected chi connectivity index (χ3v) is 5.25. The Morgan fingerprint density at radius 1 is 1.13 bits per heavy atom. The SMILES string of the molecule is CCC1CCN(C(=O)[C@@H](NC(=O)O)C2CCCCC2)C1C(=O)O. The molecule has 1 aliphatic heterocycles. The Morgan fingerprint density at radius 2 is 1.78 bits per heavy atom. The fourth-order valence-corrected chi connectivity index (χ4v) is 4.03. The van der Waals surface area contributed by atoms with Gasteiger partial charge in [-0.3, -0.25) is 4.79 Å². The van der Waals surface area contributed by atoms with Gasteiger partial charge in [-0.15, -0.1) is 0 Å². The molecule has 0 spiro atoms. The Bertz CT molecular complexity index is 461. The highest BCUT2D eigenvalue weighted by molar-refractivity contribution is 5.90. The van der Waals surface area contributed by atoms with E-state index in [1.54, 1.807) is 0 Å². The second-order valence-electron chi connectivity index (χ2n) is 6.60. The quantitative estimate of drug-likeness (QED) is 0.715. The molecule has 3 N–H and O–H groups in total. The molecule has 23 heavy (non-hydrogen) atoms. The average molecular weight is 326 g/mol. The monoisotopic (exact) mass is 326 g/mol. The zero-order chi connectivity index (χ0) is 17.0. The predicted octanol–water partition coefficient (Wildman–Crippen LogP) is 1.91. The van der Waals surface area contributed by atoms with Crippen molar-refractivity contribution in [2.24, 2.45) is 11.8 Å². The summed E-state index contributed by atoms with van der Waals surface area (Å²) in [5, 5.41) is 20.9. The zero-order valence-corrected chi connectivity index (χ0v) is 13.5. The molecule has 1 heterocycles. The van der Waals surface area contributed by atoms with Gasteiger partial charge in [-0.2, -0.15) is 0 Å². The topological polar surface area (TPSA) is 107 Å². The highest BCUT2D eigenvalue weighted by atomic mass is 16.4. The first-order valence-corrected chi connectivity index (χ1v) is 8.48. The lowest BCUT2D eigenvalue weighted by molar-refractivity contribution is -0.151. The maximum atomic E-state index is 12.9. The predicted molar refractivity (Wildman–Crippen MR) is 83.1 cm³/mol. The van der Waals surface area contributed by atoms with E-state index in [-0.39, 0.29) is 17.7 Å². The van der Waals surface area contributed by atoms with Crippen molar-refractivity contribution in [1.29, 1.82) is 0 Å². The lowest BCUT2D eigenvalue weighted by Crippen LogP contribution is -2.55. The van der Waals surface area contributed by atoms with Gasteiger partial charge in [-0.05, 0) is 31.1 Å². The van der Waals surface area contributed by atoms with E-state index in [1.165, 1.54) is 4.90 Å². The minimum atomic E-state index is -1.23. The number of carboxylic acids is 1. The largest absolute Gasteiger partial charge is 0.480 e. The number of carboxylic acid groups (broad SMARTS) is 2. The van der Waals surface area contributed by atoms with Crippen molar-refractivity contribution in [3.05, 3.63) is 0 Å². The summed E-state index contributed by atoms with van der Waals surface area (Å²) in [7, 11) is 0. The van der Waals surface area contributed by atoms with Crippen molar-refractivity contribution in [1.82, 2.24) is 10.2 Å². The van der Waals surface area contributed by atoms with Crippen molar-refractivity contribution < 1.29 is 24.6 Å². The van der Waals surface area contributed by atoms with Crippen LogP contribution in [0.5, 0.6) is 0 Å². The Kier molecular flexibility index (Phi) is 5.85. The van der Waals surface area contributed by atoms with Gasteiger partial charge in [0.1, 0.15) is 12.1 Å². The van der Waals surface area contributed by atoms with Crippen LogP contribution in [0.4, 0.5) is 4.79 Å². The van der Waals surface area contributed by atoms with E-state index >= 15 is 0 Å². The minimum Gasteiger partial charge on any atom is -0.480 e. The van der Waals surface area contributed by atoms with Crippen molar-refractivity contribution in [2.45, 2.75) is 64.0 Å². The summed E-state index contributed by atoms with van der Waals surface area (Å²) >= 11 is 0. The molecule has 1 aliphatic carbocycles. The lowest BCUT2D eigenvalue weighted by atomic mass is 9.83. The van der Waals surface area contributed by atoms with Crippen LogP contribution in [-0.4, -0.2) is 51.7 Å². The molecule has 130 valence electrons. The van der Waals surface area contributed by atoms with Crippen LogP contribution in [0, 0.1) is 11.8 Å². The smallest absolute Gasteiger partial charge is 0.405 e. The Morgan fingerprint density at radius 3 is 2.30 bits per heavy atom. The van der Waals surface area contributed by atoms with Gasteiger partial charge in [0.05, 0.1) is 0 Å². The van der Waals surface area contributed by atoms with Gasteiger partial charge in [-0.25, -0.2) is 9.59 Å². The summed E-state index contributed by atoms with van der Waals surface area (Å²) in [4.78, 5) is 37.0. The molecule has 7 heteroatoms. The molecule has 2 amide bonds. The van der Waals surface area contributed by atoms with E-state index in [4.69, 9.17) is 5.11 Å². The van der Waals surface area contributed by atoms with E-state index in [0.717, 1.165) is 32.1 Å². The van der Waals surface area contributed by atoms with Crippen molar-refractivity contribution >= 4 is 18.0 Å². The maximum Gasteiger partial charge on any atom is 0.405 e. The first-order valence-electron chi connectivity index (χ1n) is 8.48. The van der Waals surface area contributed by atoms with Crippen molar-refractivity contribution in [3.63, 3.8) is 0 Å². The molecule has 0 aromatic carbocycles. The first kappa shape index (κ1) is 17.6. The van der Waals surface area contributed by atoms with Gasteiger partial charge < -0.3 is 20.4 Å². The Labute approximate surface area is 136 Å². The van der Waals surface area contributed by atoms with Crippen LogP contribution in [0.1, 0.15) is 51.9 Å². The van der Waals surface area contributed by atoms with E-state index in [2.05, 4.69) is 5.32 Å². The fourth-order valence-electron chi connectivity index (χ4n) is 4.03. The molecule has 2 rings (SSSR count). The number of nitrogens with one attached hydrogen (secondary N) is 1. The van der Waals surface area contributed by atoms with Crippen molar-refractivity contribution in [2.75, 3.05) is 6.54 Å². The number of likely N-dealkylation sites (tertiary alicyclic amines) is 1. The van der Waals surface area contributed by atoms with Crippen LogP contribution < -0.4 is 5.32 Å². The van der Waals surface area contributed by atoms with Crippen LogP contribution in [0.25, 0.3) is 0 Å². The summed E-state index contributed by atoms with van der Waals surface area (Å²) in [6.07, 6.45) is 4.80. The molecule has 0 radical (unpaired) electrons. The van der Waals surface area contributed by atoms with Gasteiger partial charge in [0.25, 0.3) is 0 Å². The third kappa shape index (κ3) is 3.95. The van der Waals surface area contributed by atoms with E-state index < -0.39 is 24.1 Å². The van der Waals surface area contributed by atoms with E-state index in [0.29, 0.717) is 19.4 Å². The summed E-state index contributed by atoms with van der Waals surface area (Å²) in [5.41, 5.74) is 0. The normalized spacial score (nSPS) is 26.7. The first-order chi connectivity index (χ1) is 11.0. The fraction of sp³-hybridized carbons (Fsp3) is 0.812. The number of carbonyl (C=O) groups is 3. The van der Waals surface area contributed by atoms with Crippen LogP contribution >= 0.6 is 0 Å². The molecule has 1 saturated heterocycles. The second kappa shape index (κ2) is 7.66. The molecular weight excluding hydrogens is 300 g/mol. The molecule has 1 saturated carbocycles. The minimum absolute atomic E-state index is 0.0394. The number of hydrogen-bond donors (Lipinski definition) is 3. The van der Waals surface area contributed by atoms with Gasteiger partial charge in [0.15, 0.2) is 0 Å². The van der Waals surface area contributed by atoms with Gasteiger partial charge >= 0.3 is 12.1 Å². The van der Waals surface area contributed by atoms with Crippen LogP contribution in [0.2, 0.25) is 0 Å². The molecule has 0 aromatic heterocycles. The number of amides is 2. The summed E-state index contributed by atoms with van der Waals surface area (Å²) < 4.78 is 0. The number of hydrogen-bond acceptors (Lipinski definition) is 3. The molecule has 3 atom stereocenters. The third-order valence-electron chi connectivity index (χ3n) is 5.25. The number of aliphatic carboxylic acids is 1. The number of nitrogens with zero attached hydrogens (tertiary/aromatic N) is 1. The molecule has 2 fully saturated rings. The molecular formula is C16H26N2O5. The second-order valence-corrected chi connectivity index (χ2v) is 6.60.